The van der Waals surface area contributed by atoms with Gasteiger partial charge in [0.2, 0.25) is 5.95 Å². The summed E-state index contributed by atoms with van der Waals surface area (Å²) in [5, 5.41) is 7.32. The van der Waals surface area contributed by atoms with Crippen LogP contribution in [-0.4, -0.2) is 64.8 Å². The van der Waals surface area contributed by atoms with E-state index >= 15 is 0 Å². The number of pyridine rings is 1. The van der Waals surface area contributed by atoms with Crippen LogP contribution in [0.3, 0.4) is 0 Å². The monoisotopic (exact) mass is 554 g/mol. The third kappa shape index (κ3) is 6.04. The molecule has 2 fully saturated rings. The first-order valence-corrected chi connectivity index (χ1v) is 14.1. The minimum absolute atomic E-state index is 0.0466. The number of hydrogen-bond acceptors (Lipinski definition) is 9. The minimum Gasteiger partial charge on any atom is -0.379 e. The second kappa shape index (κ2) is 12.2. The summed E-state index contributed by atoms with van der Waals surface area (Å²) in [5.41, 5.74) is 3.49. The Hall–Kier alpha value is -3.72. The third-order valence-corrected chi connectivity index (χ3v) is 7.98. The van der Waals surface area contributed by atoms with Crippen LogP contribution in [0.25, 0.3) is 11.0 Å². The molecule has 1 atom stereocenters. The molecule has 4 heterocycles. The van der Waals surface area contributed by atoms with Crippen LogP contribution >= 0.6 is 11.9 Å². The molecule has 0 bridgehead atoms. The normalized spacial score (nSPS) is 17.9. The van der Waals surface area contributed by atoms with E-state index in [1.165, 1.54) is 0 Å². The lowest BCUT2D eigenvalue weighted by Crippen LogP contribution is -2.33. The Morgan fingerprint density at radius 3 is 2.75 bits per heavy atom. The van der Waals surface area contributed by atoms with E-state index in [4.69, 9.17) is 20.9 Å². The van der Waals surface area contributed by atoms with Crippen LogP contribution in [0.4, 0.5) is 11.6 Å². The van der Waals surface area contributed by atoms with Gasteiger partial charge in [-0.2, -0.15) is 4.98 Å². The lowest BCUT2D eigenvalue weighted by atomic mass is 10.1. The van der Waals surface area contributed by atoms with Crippen LogP contribution < -0.4 is 16.2 Å². The molecule has 0 aliphatic carbocycles. The first kappa shape index (κ1) is 26.5. The van der Waals surface area contributed by atoms with Crippen molar-refractivity contribution in [2.75, 3.05) is 51.3 Å². The van der Waals surface area contributed by atoms with Crippen LogP contribution in [0.15, 0.2) is 70.5 Å². The molecule has 0 radical (unpaired) electrons. The van der Waals surface area contributed by atoms with Gasteiger partial charge in [0.15, 0.2) is 0 Å². The number of terminal acetylenes is 1. The molecule has 4 aromatic rings. The molecule has 1 unspecified atom stereocenters. The maximum absolute atomic E-state index is 13.4. The first-order chi connectivity index (χ1) is 19.7. The molecular weight excluding hydrogens is 524 g/mol. The third-order valence-electron chi connectivity index (χ3n) is 6.89. The quantitative estimate of drug-likeness (QED) is 0.263. The number of nitrogens with one attached hydrogen (secondary N) is 2. The lowest BCUT2D eigenvalue weighted by Gasteiger charge is -2.25. The van der Waals surface area contributed by atoms with Crippen molar-refractivity contribution in [1.82, 2.24) is 24.2 Å². The van der Waals surface area contributed by atoms with Crippen LogP contribution in [-0.2, 0) is 16.0 Å². The van der Waals surface area contributed by atoms with E-state index in [0.717, 1.165) is 61.1 Å². The van der Waals surface area contributed by atoms with E-state index in [1.807, 2.05) is 36.4 Å². The highest BCUT2D eigenvalue weighted by molar-refractivity contribution is 7.97. The molecule has 0 spiro atoms. The number of ether oxygens (including phenoxy) is 2. The molecule has 2 aromatic carbocycles. The van der Waals surface area contributed by atoms with Gasteiger partial charge < -0.3 is 20.1 Å². The van der Waals surface area contributed by atoms with Gasteiger partial charge in [-0.15, -0.1) is 6.42 Å². The van der Waals surface area contributed by atoms with E-state index in [0.29, 0.717) is 30.1 Å². The predicted molar refractivity (Wildman–Crippen MR) is 157 cm³/mol. The van der Waals surface area contributed by atoms with Crippen LogP contribution in [0.5, 0.6) is 0 Å². The Labute approximate surface area is 237 Å². The molecule has 2 aromatic heterocycles. The zero-order chi connectivity index (χ0) is 27.3. The van der Waals surface area contributed by atoms with Crippen molar-refractivity contribution >= 4 is 34.6 Å². The molecule has 2 N–H and O–H groups in total. The fourth-order valence-electron chi connectivity index (χ4n) is 4.83. The van der Waals surface area contributed by atoms with Crippen molar-refractivity contribution in [2.45, 2.75) is 17.5 Å². The van der Waals surface area contributed by atoms with Crippen LogP contribution in [0.1, 0.15) is 22.8 Å². The highest BCUT2D eigenvalue weighted by atomic mass is 32.2. The number of morpholine rings is 2. The Bertz CT molecular complexity index is 1590. The molecule has 0 amide bonds. The second-order valence-corrected chi connectivity index (χ2v) is 10.8. The minimum atomic E-state index is -0.253. The first-order valence-electron chi connectivity index (χ1n) is 13.3. The smallest absolute Gasteiger partial charge is 0.268 e. The summed E-state index contributed by atoms with van der Waals surface area (Å²) in [6, 6.07) is 17.9. The van der Waals surface area contributed by atoms with Crippen molar-refractivity contribution in [2.24, 2.45) is 0 Å². The van der Waals surface area contributed by atoms with Gasteiger partial charge in [0.05, 0.1) is 38.0 Å². The average molecular weight is 555 g/mol. The maximum atomic E-state index is 13.4. The van der Waals surface area contributed by atoms with Crippen molar-refractivity contribution in [3.63, 3.8) is 0 Å². The number of nitrogens with zero attached hydrogens (tertiary/aromatic N) is 4. The number of rotatable bonds is 7. The molecule has 9 nitrogen and oxygen atoms in total. The van der Waals surface area contributed by atoms with E-state index < -0.39 is 0 Å². The van der Waals surface area contributed by atoms with Gasteiger partial charge in [0.25, 0.3) is 5.56 Å². The Morgan fingerprint density at radius 1 is 1.12 bits per heavy atom. The standard InChI is InChI=1S/C30H30N6O3S/c1-2-22-17-24-18-32-30(33-25-8-6-23(7-9-25)27-19-31-10-13-39-27)34-28(24)36(29(22)37)20-21-4-3-5-26(16-21)40-35-11-14-38-15-12-35/h1,3-9,16-18,27,31H,10-15,19-20H2,(H,32,33,34). The molecule has 10 heteroatoms. The van der Waals surface area contributed by atoms with Crippen molar-refractivity contribution in [1.29, 1.82) is 0 Å². The predicted octanol–water partition coefficient (Wildman–Crippen LogP) is 3.56. The Balaban J connectivity index is 1.27. The van der Waals surface area contributed by atoms with Crippen LogP contribution in [0, 0.1) is 12.3 Å². The summed E-state index contributed by atoms with van der Waals surface area (Å²) in [6.07, 6.45) is 7.42. The molecule has 6 rings (SSSR count). The number of hydrogen-bond donors (Lipinski definition) is 2. The van der Waals surface area contributed by atoms with Crippen molar-refractivity contribution < 1.29 is 9.47 Å². The summed E-state index contributed by atoms with van der Waals surface area (Å²) >= 11 is 1.71. The van der Waals surface area contributed by atoms with Gasteiger partial charge in [-0.1, -0.05) is 30.2 Å². The van der Waals surface area contributed by atoms with Crippen molar-refractivity contribution in [3.05, 3.63) is 87.8 Å². The molecule has 2 saturated heterocycles. The topological polar surface area (TPSA) is 93.5 Å². The zero-order valence-corrected chi connectivity index (χ0v) is 22.8. The van der Waals surface area contributed by atoms with Crippen LogP contribution in [0.2, 0.25) is 0 Å². The van der Waals surface area contributed by atoms with Gasteiger partial charge >= 0.3 is 0 Å². The van der Waals surface area contributed by atoms with E-state index in [2.05, 4.69) is 38.0 Å². The number of anilines is 2. The van der Waals surface area contributed by atoms with Crippen molar-refractivity contribution in [3.8, 4) is 12.3 Å². The molecule has 2 aliphatic rings. The maximum Gasteiger partial charge on any atom is 0.268 e. The fourth-order valence-corrected chi connectivity index (χ4v) is 5.80. The highest BCUT2D eigenvalue weighted by Crippen LogP contribution is 2.26. The summed E-state index contributed by atoms with van der Waals surface area (Å²) in [4.78, 5) is 23.7. The lowest BCUT2D eigenvalue weighted by molar-refractivity contribution is 0.0277. The Kier molecular flexibility index (Phi) is 8.09. The number of fused-ring (bicyclic) bond motifs is 1. The van der Waals surface area contributed by atoms with E-state index in [1.54, 1.807) is 28.8 Å². The van der Waals surface area contributed by atoms with Gasteiger partial charge in [-0.05, 0) is 53.4 Å². The summed E-state index contributed by atoms with van der Waals surface area (Å²) < 4.78 is 15.2. The van der Waals surface area contributed by atoms with Gasteiger partial charge in [-0.3, -0.25) is 9.36 Å². The van der Waals surface area contributed by atoms with Gasteiger partial charge in [0, 0.05) is 48.3 Å². The number of aromatic nitrogens is 3. The molecular formula is C30H30N6O3S. The average Bonchev–Trinajstić information content (AvgIpc) is 3.00. The number of benzene rings is 2. The zero-order valence-electron chi connectivity index (χ0n) is 22.0. The molecule has 2 aliphatic heterocycles. The van der Waals surface area contributed by atoms with E-state index in [9.17, 15) is 4.79 Å². The Morgan fingerprint density at radius 2 is 1.98 bits per heavy atom. The summed E-state index contributed by atoms with van der Waals surface area (Å²) in [7, 11) is 0. The van der Waals surface area contributed by atoms with Gasteiger partial charge in [0.1, 0.15) is 5.65 Å². The molecule has 204 valence electrons. The largest absolute Gasteiger partial charge is 0.379 e. The fraction of sp³-hybridized carbons (Fsp3) is 0.300. The SMILES string of the molecule is C#Cc1cc2cnc(Nc3ccc(C4CNCCO4)cc3)nc2n(Cc2cccc(SN3CCOCC3)c2)c1=O. The summed E-state index contributed by atoms with van der Waals surface area (Å²) in [5.74, 6) is 2.92. The van der Waals surface area contributed by atoms with E-state index in [-0.39, 0.29) is 17.2 Å². The van der Waals surface area contributed by atoms with Gasteiger partial charge in [-0.25, -0.2) is 9.29 Å². The molecule has 40 heavy (non-hydrogen) atoms. The molecule has 0 saturated carbocycles. The highest BCUT2D eigenvalue weighted by Gasteiger charge is 2.16. The second-order valence-electron chi connectivity index (χ2n) is 9.66. The summed E-state index contributed by atoms with van der Waals surface area (Å²) in [6.45, 7) is 5.95.